The van der Waals surface area contributed by atoms with E-state index in [4.69, 9.17) is 21.1 Å². The number of carbonyl (C=O) groups excluding carboxylic acids is 1. The molecule has 2 heterocycles. The molecule has 32 heavy (non-hydrogen) atoms. The highest BCUT2D eigenvalue weighted by atomic mass is 35.5. The van der Waals surface area contributed by atoms with Crippen LogP contribution >= 0.6 is 11.6 Å². The number of carbonyl (C=O) groups is 1. The summed E-state index contributed by atoms with van der Waals surface area (Å²) in [4.78, 5) is 25.3. The first-order chi connectivity index (χ1) is 15.5. The van der Waals surface area contributed by atoms with Crippen molar-refractivity contribution in [3.63, 3.8) is 0 Å². The van der Waals surface area contributed by atoms with Crippen molar-refractivity contribution >= 4 is 23.0 Å². The number of methoxy groups -OCH3 is 2. The van der Waals surface area contributed by atoms with Crippen LogP contribution < -0.4 is 20.3 Å². The zero-order valence-corrected chi connectivity index (χ0v) is 18.3. The summed E-state index contributed by atoms with van der Waals surface area (Å²) in [5.41, 5.74) is 2.35. The van der Waals surface area contributed by atoms with Crippen LogP contribution in [-0.4, -0.2) is 34.3 Å². The van der Waals surface area contributed by atoms with Gasteiger partial charge in [0, 0.05) is 29.5 Å². The molecule has 4 aromatic rings. The summed E-state index contributed by atoms with van der Waals surface area (Å²) >= 11 is 5.87. The van der Waals surface area contributed by atoms with E-state index in [-0.39, 0.29) is 18.0 Å². The third-order valence-corrected chi connectivity index (χ3v) is 5.25. The molecule has 0 aliphatic rings. The second-order valence-electron chi connectivity index (χ2n) is 7.06. The van der Waals surface area contributed by atoms with Gasteiger partial charge in [-0.05, 0) is 42.0 Å². The molecular weight excluding hydrogens is 432 g/mol. The van der Waals surface area contributed by atoms with E-state index in [0.717, 1.165) is 11.1 Å². The Bertz CT molecular complexity index is 1330. The highest BCUT2D eigenvalue weighted by Crippen LogP contribution is 2.31. The van der Waals surface area contributed by atoms with Gasteiger partial charge in [-0.3, -0.25) is 9.59 Å². The number of ether oxygens (including phenoxy) is 2. The van der Waals surface area contributed by atoms with E-state index >= 15 is 0 Å². The van der Waals surface area contributed by atoms with E-state index < -0.39 is 0 Å². The first kappa shape index (κ1) is 21.5. The topological polar surface area (TPSA) is 86.9 Å². The van der Waals surface area contributed by atoms with Crippen molar-refractivity contribution in [1.29, 1.82) is 0 Å². The van der Waals surface area contributed by atoms with Gasteiger partial charge in [0.2, 0.25) is 5.91 Å². The van der Waals surface area contributed by atoms with E-state index in [1.54, 1.807) is 56.9 Å². The van der Waals surface area contributed by atoms with Gasteiger partial charge < -0.3 is 19.4 Å². The smallest absolute Gasteiger partial charge is 0.277 e. The maximum atomic E-state index is 12.9. The summed E-state index contributed by atoms with van der Waals surface area (Å²) < 4.78 is 13.5. The van der Waals surface area contributed by atoms with Crippen LogP contribution in [0.3, 0.4) is 0 Å². The van der Waals surface area contributed by atoms with Crippen LogP contribution in [0.5, 0.6) is 11.5 Å². The Hall–Kier alpha value is -3.78. The van der Waals surface area contributed by atoms with E-state index in [1.165, 1.54) is 9.08 Å². The summed E-state index contributed by atoms with van der Waals surface area (Å²) in [6, 6.07) is 14.3. The van der Waals surface area contributed by atoms with Gasteiger partial charge in [-0.25, -0.2) is 4.52 Å². The lowest BCUT2D eigenvalue weighted by molar-refractivity contribution is -0.121. The number of halogens is 1. The lowest BCUT2D eigenvalue weighted by Gasteiger charge is -2.08. The number of rotatable bonds is 7. The van der Waals surface area contributed by atoms with Crippen LogP contribution in [0.1, 0.15) is 5.56 Å². The zero-order valence-electron chi connectivity index (χ0n) is 17.5. The van der Waals surface area contributed by atoms with Gasteiger partial charge in [0.1, 0.15) is 12.1 Å². The fourth-order valence-corrected chi connectivity index (χ4v) is 3.43. The molecule has 164 valence electrons. The van der Waals surface area contributed by atoms with Crippen LogP contribution in [0.25, 0.3) is 16.8 Å². The molecule has 0 spiro atoms. The van der Waals surface area contributed by atoms with Crippen molar-refractivity contribution in [2.45, 2.75) is 13.1 Å². The first-order valence-corrected chi connectivity index (χ1v) is 10.2. The summed E-state index contributed by atoms with van der Waals surface area (Å²) in [5, 5.41) is 7.91. The molecule has 8 nitrogen and oxygen atoms in total. The number of fused-ring (bicyclic) bond motifs is 1. The maximum absolute atomic E-state index is 12.9. The van der Waals surface area contributed by atoms with Crippen molar-refractivity contribution in [3.05, 3.63) is 81.9 Å². The quantitative estimate of drug-likeness (QED) is 0.465. The number of benzene rings is 2. The maximum Gasteiger partial charge on any atom is 0.277 e. The second kappa shape index (κ2) is 9.15. The van der Waals surface area contributed by atoms with E-state index in [0.29, 0.717) is 34.3 Å². The molecule has 0 fully saturated rings. The predicted octanol–water partition coefficient (Wildman–Crippen LogP) is 3.15. The number of hydrogen-bond donors (Lipinski definition) is 1. The van der Waals surface area contributed by atoms with Gasteiger partial charge in [0.15, 0.2) is 11.5 Å². The largest absolute Gasteiger partial charge is 0.493 e. The Kier molecular flexibility index (Phi) is 6.13. The van der Waals surface area contributed by atoms with Crippen LogP contribution in [0.2, 0.25) is 5.02 Å². The van der Waals surface area contributed by atoms with Gasteiger partial charge in [-0.2, -0.15) is 5.10 Å². The summed E-state index contributed by atoms with van der Waals surface area (Å²) in [6.45, 7) is 0.253. The molecule has 2 aromatic heterocycles. The monoisotopic (exact) mass is 452 g/mol. The molecule has 0 saturated heterocycles. The van der Waals surface area contributed by atoms with E-state index in [9.17, 15) is 9.59 Å². The number of nitrogens with one attached hydrogen (secondary N) is 1. The van der Waals surface area contributed by atoms with Crippen molar-refractivity contribution in [1.82, 2.24) is 19.5 Å². The minimum atomic E-state index is -0.312. The minimum Gasteiger partial charge on any atom is -0.493 e. The standard InChI is InChI=1S/C23H21ClN4O4/c1-31-20-8-5-16(11-21(20)32-2)18-12-19-23(30)27(9-10-28(19)26-18)14-22(29)25-13-15-3-6-17(24)7-4-15/h3-12H,13-14H2,1-2H3,(H,25,29). The van der Waals surface area contributed by atoms with Crippen molar-refractivity contribution in [2.24, 2.45) is 0 Å². The molecule has 0 bridgehead atoms. The van der Waals surface area contributed by atoms with E-state index in [1.807, 2.05) is 18.2 Å². The molecule has 4 rings (SSSR count). The highest BCUT2D eigenvalue weighted by Gasteiger charge is 2.13. The molecule has 1 N–H and O–H groups in total. The van der Waals surface area contributed by atoms with Crippen molar-refractivity contribution in [3.8, 4) is 22.8 Å². The lowest BCUT2D eigenvalue weighted by Crippen LogP contribution is -2.32. The van der Waals surface area contributed by atoms with Gasteiger partial charge in [0.25, 0.3) is 5.56 Å². The van der Waals surface area contributed by atoms with Gasteiger partial charge in [0.05, 0.1) is 19.9 Å². The molecule has 0 radical (unpaired) electrons. The number of nitrogens with zero attached hydrogens (tertiary/aromatic N) is 3. The fraction of sp³-hybridized carbons (Fsp3) is 0.174. The molecule has 0 atom stereocenters. The van der Waals surface area contributed by atoms with Crippen LogP contribution in [-0.2, 0) is 17.9 Å². The lowest BCUT2D eigenvalue weighted by atomic mass is 10.1. The van der Waals surface area contributed by atoms with Gasteiger partial charge in [-0.15, -0.1) is 0 Å². The predicted molar refractivity (Wildman–Crippen MR) is 121 cm³/mol. The third kappa shape index (κ3) is 4.45. The van der Waals surface area contributed by atoms with Crippen molar-refractivity contribution in [2.75, 3.05) is 14.2 Å². The second-order valence-corrected chi connectivity index (χ2v) is 7.50. The molecule has 0 aliphatic heterocycles. The van der Waals surface area contributed by atoms with Crippen LogP contribution in [0.4, 0.5) is 0 Å². The highest BCUT2D eigenvalue weighted by molar-refractivity contribution is 6.30. The molecule has 0 saturated carbocycles. The first-order valence-electron chi connectivity index (χ1n) is 9.81. The minimum absolute atomic E-state index is 0.0974. The Morgan fingerprint density at radius 3 is 2.50 bits per heavy atom. The fourth-order valence-electron chi connectivity index (χ4n) is 3.30. The normalized spacial score (nSPS) is 10.8. The Morgan fingerprint density at radius 1 is 1.03 bits per heavy atom. The Balaban J connectivity index is 1.53. The number of aromatic nitrogens is 3. The van der Waals surface area contributed by atoms with Crippen LogP contribution in [0, 0.1) is 0 Å². The molecule has 2 aromatic carbocycles. The van der Waals surface area contributed by atoms with Crippen molar-refractivity contribution < 1.29 is 14.3 Å². The number of hydrogen-bond acceptors (Lipinski definition) is 5. The molecular formula is C23H21ClN4O4. The molecule has 0 aliphatic carbocycles. The summed E-state index contributed by atoms with van der Waals surface area (Å²) in [7, 11) is 3.12. The average Bonchev–Trinajstić information content (AvgIpc) is 3.25. The zero-order chi connectivity index (χ0) is 22.7. The molecule has 9 heteroatoms. The van der Waals surface area contributed by atoms with Crippen LogP contribution in [0.15, 0.2) is 65.7 Å². The Labute approximate surface area is 189 Å². The summed E-state index contributed by atoms with van der Waals surface area (Å²) in [6.07, 6.45) is 3.19. The van der Waals surface area contributed by atoms with Gasteiger partial charge >= 0.3 is 0 Å². The average molecular weight is 453 g/mol. The summed E-state index contributed by atoms with van der Waals surface area (Å²) in [5.74, 6) is 0.898. The third-order valence-electron chi connectivity index (χ3n) is 5.00. The van der Waals surface area contributed by atoms with E-state index in [2.05, 4.69) is 10.4 Å². The Morgan fingerprint density at radius 2 is 1.78 bits per heavy atom. The SMILES string of the molecule is COc1ccc(-c2cc3c(=O)n(CC(=O)NCc4ccc(Cl)cc4)ccn3n2)cc1OC. The van der Waals surface area contributed by atoms with Gasteiger partial charge in [-0.1, -0.05) is 23.7 Å². The molecule has 0 unspecified atom stereocenters. The molecule has 1 amide bonds. The number of amides is 1.